The molecule has 0 aliphatic rings. The number of aromatic nitrogens is 1. The number of aromatic amines is 1. The van der Waals surface area contributed by atoms with Crippen molar-refractivity contribution in [3.63, 3.8) is 0 Å². The van der Waals surface area contributed by atoms with Crippen LogP contribution in [0.1, 0.15) is 31.9 Å². The first-order chi connectivity index (χ1) is 8.94. The van der Waals surface area contributed by atoms with E-state index in [-0.39, 0.29) is 11.2 Å². The van der Waals surface area contributed by atoms with E-state index in [0.29, 0.717) is 0 Å². The van der Waals surface area contributed by atoms with E-state index < -0.39 is 0 Å². The van der Waals surface area contributed by atoms with Crippen LogP contribution in [0.2, 0.25) is 0 Å². The van der Waals surface area contributed by atoms with Gasteiger partial charge in [0, 0.05) is 22.5 Å². The Bertz CT molecular complexity index is 659. The molecule has 1 N–H and O–H groups in total. The van der Waals surface area contributed by atoms with Crippen LogP contribution in [0.3, 0.4) is 0 Å². The Kier molecular flexibility index (Phi) is 3.43. The minimum atomic E-state index is -0.0605. The van der Waals surface area contributed by atoms with E-state index in [1.54, 1.807) is 13.0 Å². The standard InChI is InChI=1S/C17H19NO/c1-5-17(3,4)15-11-18-16-10-13(7-6-12(2)19)8-9-14(15)16/h5-11,18H,1H2,2-4H3. The van der Waals surface area contributed by atoms with Crippen LogP contribution in [-0.2, 0) is 10.2 Å². The molecule has 2 heteroatoms. The number of nitrogens with one attached hydrogen (secondary N) is 1. The van der Waals surface area contributed by atoms with Crippen molar-refractivity contribution in [2.24, 2.45) is 0 Å². The third-order valence-corrected chi connectivity index (χ3v) is 3.42. The van der Waals surface area contributed by atoms with Crippen molar-refractivity contribution < 1.29 is 4.79 Å². The van der Waals surface area contributed by atoms with Crippen molar-refractivity contribution in [3.05, 3.63) is 54.3 Å². The molecule has 1 heterocycles. The maximum absolute atomic E-state index is 10.9. The van der Waals surface area contributed by atoms with Gasteiger partial charge < -0.3 is 4.98 Å². The van der Waals surface area contributed by atoms with E-state index >= 15 is 0 Å². The summed E-state index contributed by atoms with van der Waals surface area (Å²) < 4.78 is 0. The van der Waals surface area contributed by atoms with E-state index in [2.05, 4.69) is 37.5 Å². The van der Waals surface area contributed by atoms with Gasteiger partial charge in [0.1, 0.15) is 0 Å². The van der Waals surface area contributed by atoms with Crippen LogP contribution in [0.15, 0.2) is 43.1 Å². The highest BCUT2D eigenvalue weighted by Gasteiger charge is 2.19. The van der Waals surface area contributed by atoms with Crippen LogP contribution in [-0.4, -0.2) is 10.8 Å². The number of H-pyrrole nitrogens is 1. The molecule has 0 fully saturated rings. The van der Waals surface area contributed by atoms with Gasteiger partial charge in [0.05, 0.1) is 0 Å². The largest absolute Gasteiger partial charge is 0.361 e. The maximum Gasteiger partial charge on any atom is 0.152 e. The Morgan fingerprint density at radius 3 is 2.74 bits per heavy atom. The molecule has 2 aromatic rings. The van der Waals surface area contributed by atoms with Crippen molar-refractivity contribution in [1.29, 1.82) is 0 Å². The van der Waals surface area contributed by atoms with Gasteiger partial charge in [-0.25, -0.2) is 0 Å². The van der Waals surface area contributed by atoms with Gasteiger partial charge in [-0.3, -0.25) is 4.79 Å². The lowest BCUT2D eigenvalue weighted by Gasteiger charge is -2.18. The number of ketones is 1. The van der Waals surface area contributed by atoms with Crippen molar-refractivity contribution in [1.82, 2.24) is 4.98 Å². The van der Waals surface area contributed by atoms with Gasteiger partial charge in [-0.05, 0) is 30.2 Å². The first kappa shape index (κ1) is 13.3. The van der Waals surface area contributed by atoms with Crippen molar-refractivity contribution in [2.45, 2.75) is 26.2 Å². The molecule has 2 rings (SSSR count). The minimum absolute atomic E-state index is 0.0556. The third-order valence-electron chi connectivity index (χ3n) is 3.42. The second kappa shape index (κ2) is 4.88. The Balaban J connectivity index is 2.48. The summed E-state index contributed by atoms with van der Waals surface area (Å²) in [5.74, 6) is 0.0556. The number of benzene rings is 1. The second-order valence-corrected chi connectivity index (χ2v) is 5.38. The fourth-order valence-corrected chi connectivity index (χ4v) is 2.10. The SMILES string of the molecule is C=CC(C)(C)c1c[nH]c2cc(C=CC(C)=O)ccc12. The molecule has 0 saturated carbocycles. The molecular weight excluding hydrogens is 234 g/mol. The summed E-state index contributed by atoms with van der Waals surface area (Å²) in [4.78, 5) is 14.2. The summed E-state index contributed by atoms with van der Waals surface area (Å²) >= 11 is 0. The van der Waals surface area contributed by atoms with E-state index in [1.165, 1.54) is 10.9 Å². The van der Waals surface area contributed by atoms with Gasteiger partial charge in [-0.1, -0.05) is 38.1 Å². The van der Waals surface area contributed by atoms with Gasteiger partial charge in [0.25, 0.3) is 0 Å². The minimum Gasteiger partial charge on any atom is -0.361 e. The Morgan fingerprint density at radius 2 is 2.11 bits per heavy atom. The molecule has 1 aromatic carbocycles. The van der Waals surface area contributed by atoms with Gasteiger partial charge in [-0.2, -0.15) is 0 Å². The molecule has 98 valence electrons. The summed E-state index contributed by atoms with van der Waals surface area (Å²) in [5, 5.41) is 1.20. The lowest BCUT2D eigenvalue weighted by Crippen LogP contribution is -2.11. The van der Waals surface area contributed by atoms with Gasteiger partial charge >= 0.3 is 0 Å². The summed E-state index contributed by atoms with van der Waals surface area (Å²) in [5.41, 5.74) is 3.28. The number of carbonyl (C=O) groups is 1. The normalized spacial score (nSPS) is 12.2. The van der Waals surface area contributed by atoms with Crippen LogP contribution in [0.4, 0.5) is 0 Å². The highest BCUT2D eigenvalue weighted by molar-refractivity contribution is 5.93. The fourth-order valence-electron chi connectivity index (χ4n) is 2.10. The lowest BCUT2D eigenvalue weighted by atomic mass is 9.84. The molecule has 19 heavy (non-hydrogen) atoms. The number of fused-ring (bicyclic) bond motifs is 1. The number of carbonyl (C=O) groups excluding carboxylic acids is 1. The molecule has 1 aromatic heterocycles. The molecule has 2 nitrogen and oxygen atoms in total. The van der Waals surface area contributed by atoms with Crippen LogP contribution in [0.5, 0.6) is 0 Å². The van der Waals surface area contributed by atoms with Crippen molar-refractivity contribution >= 4 is 22.8 Å². The molecule has 0 unspecified atom stereocenters. The molecule has 0 spiro atoms. The summed E-state index contributed by atoms with van der Waals surface area (Å²) in [7, 11) is 0. The lowest BCUT2D eigenvalue weighted by molar-refractivity contribution is -0.112. The van der Waals surface area contributed by atoms with Gasteiger partial charge in [-0.15, -0.1) is 6.58 Å². The van der Waals surface area contributed by atoms with Crippen LogP contribution in [0.25, 0.3) is 17.0 Å². The summed E-state index contributed by atoms with van der Waals surface area (Å²) in [6, 6.07) is 6.17. The average Bonchev–Trinajstić information content (AvgIpc) is 2.80. The molecule has 0 aliphatic carbocycles. The predicted octanol–water partition coefficient (Wildman–Crippen LogP) is 4.23. The molecule has 0 aliphatic heterocycles. The van der Waals surface area contributed by atoms with Gasteiger partial charge in [0.2, 0.25) is 0 Å². The number of hydrogen-bond donors (Lipinski definition) is 1. The smallest absolute Gasteiger partial charge is 0.152 e. The zero-order valence-electron chi connectivity index (χ0n) is 11.7. The predicted molar refractivity (Wildman–Crippen MR) is 81.2 cm³/mol. The summed E-state index contributed by atoms with van der Waals surface area (Å²) in [6.45, 7) is 9.74. The highest BCUT2D eigenvalue weighted by Crippen LogP contribution is 2.31. The van der Waals surface area contributed by atoms with Crippen molar-refractivity contribution in [3.8, 4) is 0 Å². The van der Waals surface area contributed by atoms with E-state index in [0.717, 1.165) is 11.1 Å². The number of rotatable bonds is 4. The zero-order valence-corrected chi connectivity index (χ0v) is 11.7. The molecule has 0 radical (unpaired) electrons. The molecule has 0 saturated heterocycles. The Labute approximate surface area is 113 Å². The van der Waals surface area contributed by atoms with Crippen LogP contribution < -0.4 is 0 Å². The van der Waals surface area contributed by atoms with E-state index in [1.807, 2.05) is 24.4 Å². The molecule has 0 atom stereocenters. The van der Waals surface area contributed by atoms with E-state index in [9.17, 15) is 4.79 Å². The first-order valence-corrected chi connectivity index (χ1v) is 6.38. The van der Waals surface area contributed by atoms with Crippen LogP contribution in [0, 0.1) is 0 Å². The maximum atomic E-state index is 10.9. The monoisotopic (exact) mass is 253 g/mol. The first-order valence-electron chi connectivity index (χ1n) is 6.38. The zero-order chi connectivity index (χ0) is 14.0. The van der Waals surface area contributed by atoms with Crippen molar-refractivity contribution in [2.75, 3.05) is 0 Å². The van der Waals surface area contributed by atoms with Gasteiger partial charge in [0.15, 0.2) is 5.78 Å². The van der Waals surface area contributed by atoms with E-state index in [4.69, 9.17) is 0 Å². The summed E-state index contributed by atoms with van der Waals surface area (Å²) in [6.07, 6.45) is 7.41. The second-order valence-electron chi connectivity index (χ2n) is 5.38. The average molecular weight is 253 g/mol. The number of allylic oxidation sites excluding steroid dienone is 2. The molecule has 0 amide bonds. The topological polar surface area (TPSA) is 32.9 Å². The Hall–Kier alpha value is -2.09. The fraction of sp³-hybridized carbons (Fsp3) is 0.235. The molecular formula is C17H19NO. The quantitative estimate of drug-likeness (QED) is 0.641. The van der Waals surface area contributed by atoms with Crippen LogP contribution >= 0.6 is 0 Å². The molecule has 0 bridgehead atoms. The number of hydrogen-bond acceptors (Lipinski definition) is 1. The Morgan fingerprint density at radius 1 is 1.37 bits per heavy atom. The highest BCUT2D eigenvalue weighted by atomic mass is 16.1. The third kappa shape index (κ3) is 2.68.